The Hall–Kier alpha value is -2.41. The first-order valence-corrected chi connectivity index (χ1v) is 8.85. The van der Waals surface area contributed by atoms with Gasteiger partial charge in [0.1, 0.15) is 0 Å². The first kappa shape index (κ1) is 15.1. The first-order valence-electron chi connectivity index (χ1n) is 7.97. The molecule has 4 heterocycles. The lowest BCUT2D eigenvalue weighted by atomic mass is 9.96. The zero-order chi connectivity index (χ0) is 16.4. The minimum absolute atomic E-state index is 0.192. The van der Waals surface area contributed by atoms with Crippen LogP contribution >= 0.6 is 11.3 Å². The molecule has 124 valence electrons. The topological polar surface area (TPSA) is 72.4 Å². The number of piperidine rings is 1. The number of hydrogen-bond acceptors (Lipinski definition) is 6. The van der Waals surface area contributed by atoms with E-state index in [1.165, 1.54) is 0 Å². The van der Waals surface area contributed by atoms with Crippen LogP contribution in [0, 0.1) is 0 Å². The molecule has 1 fully saturated rings. The fourth-order valence-electron chi connectivity index (χ4n) is 2.95. The lowest BCUT2D eigenvalue weighted by molar-refractivity contribution is -0.131. The van der Waals surface area contributed by atoms with Gasteiger partial charge < -0.3 is 13.7 Å². The Labute approximate surface area is 143 Å². The van der Waals surface area contributed by atoms with Crippen molar-refractivity contribution in [3.8, 4) is 11.7 Å². The van der Waals surface area contributed by atoms with Crippen molar-refractivity contribution in [1.29, 1.82) is 0 Å². The fraction of sp³-hybridized carbons (Fsp3) is 0.353. The van der Waals surface area contributed by atoms with Gasteiger partial charge in [-0.1, -0.05) is 6.07 Å². The number of hydrogen-bond donors (Lipinski definition) is 0. The van der Waals surface area contributed by atoms with E-state index < -0.39 is 0 Å². The summed E-state index contributed by atoms with van der Waals surface area (Å²) in [6.07, 6.45) is 3.76. The van der Waals surface area contributed by atoms with Crippen molar-refractivity contribution < 1.29 is 13.6 Å². The van der Waals surface area contributed by atoms with Gasteiger partial charge in [-0.2, -0.15) is 0 Å². The highest BCUT2D eigenvalue weighted by atomic mass is 32.1. The van der Waals surface area contributed by atoms with Crippen molar-refractivity contribution in [1.82, 2.24) is 15.1 Å². The number of amides is 1. The van der Waals surface area contributed by atoms with Crippen LogP contribution in [0.5, 0.6) is 0 Å². The van der Waals surface area contributed by atoms with E-state index in [2.05, 4.69) is 10.2 Å². The molecule has 0 spiro atoms. The van der Waals surface area contributed by atoms with E-state index in [0.29, 0.717) is 24.0 Å². The molecule has 0 aromatic carbocycles. The SMILES string of the molecule is O=C(Cc1cccs1)N1CCC(c2nnc(-c3ccco3)o2)CC1. The Morgan fingerprint density at radius 2 is 2.12 bits per heavy atom. The van der Waals surface area contributed by atoms with Crippen LogP contribution in [0.4, 0.5) is 0 Å². The summed E-state index contributed by atoms with van der Waals surface area (Å²) in [4.78, 5) is 15.4. The second kappa shape index (κ2) is 6.60. The zero-order valence-electron chi connectivity index (χ0n) is 13.1. The molecule has 4 rings (SSSR count). The third kappa shape index (κ3) is 3.12. The van der Waals surface area contributed by atoms with E-state index in [0.717, 1.165) is 30.8 Å². The molecular formula is C17H17N3O3S. The van der Waals surface area contributed by atoms with E-state index in [4.69, 9.17) is 8.83 Å². The van der Waals surface area contributed by atoms with Gasteiger partial charge in [-0.25, -0.2) is 0 Å². The van der Waals surface area contributed by atoms with Crippen molar-refractivity contribution in [3.05, 3.63) is 46.7 Å². The molecule has 1 amide bonds. The van der Waals surface area contributed by atoms with E-state index >= 15 is 0 Å². The second-order valence-corrected chi connectivity index (χ2v) is 6.87. The van der Waals surface area contributed by atoms with Gasteiger partial charge in [0.2, 0.25) is 11.8 Å². The molecule has 1 aliphatic rings. The molecule has 0 N–H and O–H groups in total. The van der Waals surface area contributed by atoms with Gasteiger partial charge in [0, 0.05) is 23.9 Å². The van der Waals surface area contributed by atoms with Gasteiger partial charge in [-0.3, -0.25) is 4.79 Å². The van der Waals surface area contributed by atoms with Crippen LogP contribution in [0.2, 0.25) is 0 Å². The number of furan rings is 1. The zero-order valence-corrected chi connectivity index (χ0v) is 13.9. The van der Waals surface area contributed by atoms with Crippen molar-refractivity contribution in [2.45, 2.75) is 25.2 Å². The van der Waals surface area contributed by atoms with Gasteiger partial charge in [0.25, 0.3) is 5.89 Å². The molecular weight excluding hydrogens is 326 g/mol. The monoisotopic (exact) mass is 343 g/mol. The Morgan fingerprint density at radius 1 is 1.25 bits per heavy atom. The van der Waals surface area contributed by atoms with Gasteiger partial charge in [-0.05, 0) is 36.4 Å². The maximum atomic E-state index is 12.3. The molecule has 6 nitrogen and oxygen atoms in total. The first-order chi connectivity index (χ1) is 11.8. The lowest BCUT2D eigenvalue weighted by Gasteiger charge is -2.30. The number of likely N-dealkylation sites (tertiary alicyclic amines) is 1. The van der Waals surface area contributed by atoms with Gasteiger partial charge in [0.05, 0.1) is 12.7 Å². The number of rotatable bonds is 4. The second-order valence-electron chi connectivity index (χ2n) is 5.83. The number of nitrogens with zero attached hydrogens (tertiary/aromatic N) is 3. The number of thiophene rings is 1. The Balaban J connectivity index is 1.35. The summed E-state index contributed by atoms with van der Waals surface area (Å²) in [6, 6.07) is 7.57. The van der Waals surface area contributed by atoms with Crippen LogP contribution < -0.4 is 0 Å². The van der Waals surface area contributed by atoms with E-state index in [1.807, 2.05) is 22.4 Å². The largest absolute Gasteiger partial charge is 0.459 e. The van der Waals surface area contributed by atoms with Crippen LogP contribution in [0.3, 0.4) is 0 Å². The highest BCUT2D eigenvalue weighted by molar-refractivity contribution is 7.10. The van der Waals surface area contributed by atoms with Crippen molar-refractivity contribution in [3.63, 3.8) is 0 Å². The van der Waals surface area contributed by atoms with Crippen LogP contribution in [-0.2, 0) is 11.2 Å². The maximum Gasteiger partial charge on any atom is 0.283 e. The summed E-state index contributed by atoms with van der Waals surface area (Å²) < 4.78 is 11.0. The molecule has 0 radical (unpaired) electrons. The Kier molecular flexibility index (Phi) is 4.17. The minimum atomic E-state index is 0.192. The predicted molar refractivity (Wildman–Crippen MR) is 88.6 cm³/mol. The summed E-state index contributed by atoms with van der Waals surface area (Å²) in [5.74, 6) is 2.01. The van der Waals surface area contributed by atoms with Gasteiger partial charge >= 0.3 is 0 Å². The van der Waals surface area contributed by atoms with Crippen LogP contribution in [0.1, 0.15) is 29.5 Å². The highest BCUT2D eigenvalue weighted by Gasteiger charge is 2.27. The highest BCUT2D eigenvalue weighted by Crippen LogP contribution is 2.29. The third-order valence-corrected chi connectivity index (χ3v) is 5.15. The molecule has 1 aliphatic heterocycles. The van der Waals surface area contributed by atoms with Crippen LogP contribution in [0.25, 0.3) is 11.7 Å². The van der Waals surface area contributed by atoms with Crippen LogP contribution in [-0.4, -0.2) is 34.1 Å². The summed E-state index contributed by atoms with van der Waals surface area (Å²) in [5, 5.41) is 10.2. The van der Waals surface area contributed by atoms with E-state index in [-0.39, 0.29) is 11.8 Å². The Bertz CT molecular complexity index is 787. The normalized spacial score (nSPS) is 15.8. The quantitative estimate of drug-likeness (QED) is 0.726. The molecule has 0 unspecified atom stereocenters. The fourth-order valence-corrected chi connectivity index (χ4v) is 3.65. The summed E-state index contributed by atoms with van der Waals surface area (Å²) >= 11 is 1.62. The molecule has 0 atom stereocenters. The average Bonchev–Trinajstić information content (AvgIpc) is 3.36. The van der Waals surface area contributed by atoms with E-state index in [9.17, 15) is 4.79 Å². The predicted octanol–water partition coefficient (Wildman–Crippen LogP) is 3.34. The third-order valence-electron chi connectivity index (χ3n) is 4.28. The average molecular weight is 343 g/mol. The lowest BCUT2D eigenvalue weighted by Crippen LogP contribution is -2.38. The minimum Gasteiger partial charge on any atom is -0.459 e. The smallest absolute Gasteiger partial charge is 0.283 e. The molecule has 1 saturated heterocycles. The van der Waals surface area contributed by atoms with Crippen LogP contribution in [0.15, 0.2) is 44.7 Å². The number of aromatic nitrogens is 2. The molecule has 3 aromatic heterocycles. The summed E-state index contributed by atoms with van der Waals surface area (Å²) in [5.41, 5.74) is 0. The summed E-state index contributed by atoms with van der Waals surface area (Å²) in [7, 11) is 0. The van der Waals surface area contributed by atoms with Crippen molar-refractivity contribution >= 4 is 17.2 Å². The van der Waals surface area contributed by atoms with Crippen molar-refractivity contribution in [2.24, 2.45) is 0 Å². The van der Waals surface area contributed by atoms with Gasteiger partial charge in [0.15, 0.2) is 5.76 Å². The molecule has 3 aromatic rings. The molecule has 0 aliphatic carbocycles. The molecule has 0 bridgehead atoms. The van der Waals surface area contributed by atoms with Crippen molar-refractivity contribution in [2.75, 3.05) is 13.1 Å². The van der Waals surface area contributed by atoms with E-state index in [1.54, 1.807) is 29.7 Å². The Morgan fingerprint density at radius 3 is 2.83 bits per heavy atom. The number of carbonyl (C=O) groups is 1. The summed E-state index contributed by atoms with van der Waals surface area (Å²) in [6.45, 7) is 1.46. The van der Waals surface area contributed by atoms with Gasteiger partial charge in [-0.15, -0.1) is 21.5 Å². The standard InChI is InChI=1S/C17H17N3O3S/c21-15(11-13-3-2-10-24-13)20-7-5-12(6-8-20)16-18-19-17(23-16)14-4-1-9-22-14/h1-4,9-10,12H,5-8,11H2. The maximum absolute atomic E-state index is 12.3. The molecule has 24 heavy (non-hydrogen) atoms. The number of carbonyl (C=O) groups excluding carboxylic acids is 1. The molecule has 0 saturated carbocycles. The molecule has 7 heteroatoms.